The van der Waals surface area contributed by atoms with Crippen LogP contribution in [0.5, 0.6) is 5.75 Å². The standard InChI is InChI=1S/C16H20BrNO2/c1-20-15-9-7-12(11-14(15)17)8-10-16(19)18-13-5-3-2-4-6-13/h7-11,13H,2-6H2,1H3,(H,18,19)/b10-8+. The van der Waals surface area contributed by atoms with E-state index in [-0.39, 0.29) is 5.91 Å². The molecule has 1 saturated carbocycles. The first-order chi connectivity index (χ1) is 9.69. The van der Waals surface area contributed by atoms with Crippen LogP contribution in [0.4, 0.5) is 0 Å². The second-order valence-electron chi connectivity index (χ2n) is 5.07. The van der Waals surface area contributed by atoms with Gasteiger partial charge in [-0.3, -0.25) is 4.79 Å². The summed E-state index contributed by atoms with van der Waals surface area (Å²) in [6.07, 6.45) is 9.37. The predicted molar refractivity (Wildman–Crippen MR) is 84.7 cm³/mol. The number of amides is 1. The molecule has 0 bridgehead atoms. The Hall–Kier alpha value is -1.29. The first-order valence-corrected chi connectivity index (χ1v) is 7.80. The lowest BCUT2D eigenvalue weighted by molar-refractivity contribution is -0.117. The van der Waals surface area contributed by atoms with Crippen LogP contribution in [-0.2, 0) is 4.79 Å². The Balaban J connectivity index is 1.91. The minimum atomic E-state index is -0.0103. The van der Waals surface area contributed by atoms with Crippen LogP contribution in [0.3, 0.4) is 0 Å². The van der Waals surface area contributed by atoms with E-state index in [1.54, 1.807) is 13.2 Å². The molecule has 0 unspecified atom stereocenters. The van der Waals surface area contributed by atoms with E-state index >= 15 is 0 Å². The molecule has 108 valence electrons. The Morgan fingerprint density at radius 3 is 2.75 bits per heavy atom. The van der Waals surface area contributed by atoms with Crippen LogP contribution < -0.4 is 10.1 Å². The molecule has 1 N–H and O–H groups in total. The van der Waals surface area contributed by atoms with E-state index < -0.39 is 0 Å². The van der Waals surface area contributed by atoms with Gasteiger partial charge in [-0.2, -0.15) is 0 Å². The lowest BCUT2D eigenvalue weighted by atomic mass is 9.95. The van der Waals surface area contributed by atoms with Crippen molar-refractivity contribution in [2.45, 2.75) is 38.1 Å². The van der Waals surface area contributed by atoms with E-state index in [0.717, 1.165) is 28.6 Å². The summed E-state index contributed by atoms with van der Waals surface area (Å²) in [4.78, 5) is 11.9. The Kier molecular flexibility index (Phi) is 5.65. The van der Waals surface area contributed by atoms with E-state index in [9.17, 15) is 4.79 Å². The third-order valence-electron chi connectivity index (χ3n) is 3.55. The maximum atomic E-state index is 11.9. The summed E-state index contributed by atoms with van der Waals surface area (Å²) in [5, 5.41) is 3.06. The zero-order valence-corrected chi connectivity index (χ0v) is 13.3. The molecule has 2 rings (SSSR count). The summed E-state index contributed by atoms with van der Waals surface area (Å²) in [7, 11) is 1.63. The molecule has 0 spiro atoms. The van der Waals surface area contributed by atoms with Crippen molar-refractivity contribution in [2.24, 2.45) is 0 Å². The van der Waals surface area contributed by atoms with Crippen molar-refractivity contribution in [3.63, 3.8) is 0 Å². The van der Waals surface area contributed by atoms with Crippen LogP contribution in [0.25, 0.3) is 6.08 Å². The number of carbonyl (C=O) groups excluding carboxylic acids is 1. The molecule has 4 heteroatoms. The Labute approximate surface area is 128 Å². The summed E-state index contributed by atoms with van der Waals surface area (Å²) in [6, 6.07) is 6.09. The van der Waals surface area contributed by atoms with Crippen LogP contribution in [0.1, 0.15) is 37.7 Å². The average Bonchev–Trinajstić information content (AvgIpc) is 2.46. The molecule has 0 atom stereocenters. The van der Waals surface area contributed by atoms with E-state index in [4.69, 9.17) is 4.74 Å². The lowest BCUT2D eigenvalue weighted by Gasteiger charge is -2.21. The Bertz CT molecular complexity index is 493. The summed E-state index contributed by atoms with van der Waals surface area (Å²) < 4.78 is 6.06. The molecule has 0 aromatic heterocycles. The molecule has 1 fully saturated rings. The topological polar surface area (TPSA) is 38.3 Å². The van der Waals surface area contributed by atoms with Gasteiger partial charge >= 0.3 is 0 Å². The van der Waals surface area contributed by atoms with Gasteiger partial charge in [-0.15, -0.1) is 0 Å². The molecule has 1 aromatic rings. The fourth-order valence-corrected chi connectivity index (χ4v) is 3.01. The van der Waals surface area contributed by atoms with Gasteiger partial charge in [0.25, 0.3) is 0 Å². The largest absolute Gasteiger partial charge is 0.496 e. The van der Waals surface area contributed by atoms with Crippen LogP contribution in [0.15, 0.2) is 28.7 Å². The van der Waals surface area contributed by atoms with Gasteiger partial charge in [0.15, 0.2) is 0 Å². The molecule has 1 amide bonds. The van der Waals surface area contributed by atoms with Crippen LogP contribution in [-0.4, -0.2) is 19.1 Å². The van der Waals surface area contributed by atoms with Crippen molar-refractivity contribution in [3.8, 4) is 5.75 Å². The van der Waals surface area contributed by atoms with Gasteiger partial charge in [0.05, 0.1) is 11.6 Å². The van der Waals surface area contributed by atoms with Crippen LogP contribution in [0.2, 0.25) is 0 Å². The van der Waals surface area contributed by atoms with Gasteiger partial charge in [0.1, 0.15) is 5.75 Å². The van der Waals surface area contributed by atoms with E-state index in [1.165, 1.54) is 19.3 Å². The molecule has 1 aromatic carbocycles. The fraction of sp³-hybridized carbons (Fsp3) is 0.438. The monoisotopic (exact) mass is 337 g/mol. The highest BCUT2D eigenvalue weighted by molar-refractivity contribution is 9.10. The predicted octanol–water partition coefficient (Wildman–Crippen LogP) is 3.92. The third-order valence-corrected chi connectivity index (χ3v) is 4.17. The smallest absolute Gasteiger partial charge is 0.244 e. The molecule has 1 aliphatic carbocycles. The zero-order valence-electron chi connectivity index (χ0n) is 11.7. The van der Waals surface area contributed by atoms with E-state index in [1.807, 2.05) is 24.3 Å². The SMILES string of the molecule is COc1ccc(/C=C/C(=O)NC2CCCCC2)cc1Br. The van der Waals surface area contributed by atoms with Crippen molar-refractivity contribution in [2.75, 3.05) is 7.11 Å². The first-order valence-electron chi connectivity index (χ1n) is 7.01. The number of ether oxygens (including phenoxy) is 1. The van der Waals surface area contributed by atoms with Crippen molar-refractivity contribution in [3.05, 3.63) is 34.3 Å². The minimum Gasteiger partial charge on any atom is -0.496 e. The maximum Gasteiger partial charge on any atom is 0.244 e. The van der Waals surface area contributed by atoms with Gasteiger partial charge in [0, 0.05) is 12.1 Å². The third kappa shape index (κ3) is 4.37. The number of hydrogen-bond acceptors (Lipinski definition) is 2. The molecule has 0 aliphatic heterocycles. The lowest BCUT2D eigenvalue weighted by Crippen LogP contribution is -2.34. The van der Waals surface area contributed by atoms with Crippen molar-refractivity contribution in [1.29, 1.82) is 0 Å². The molecular formula is C16H20BrNO2. The van der Waals surface area contributed by atoms with Gasteiger partial charge in [0.2, 0.25) is 5.91 Å². The number of halogens is 1. The van der Waals surface area contributed by atoms with Gasteiger partial charge in [-0.1, -0.05) is 25.3 Å². The second kappa shape index (κ2) is 7.48. The van der Waals surface area contributed by atoms with E-state index in [2.05, 4.69) is 21.2 Å². The number of rotatable bonds is 4. The molecule has 20 heavy (non-hydrogen) atoms. The molecule has 0 radical (unpaired) electrons. The van der Waals surface area contributed by atoms with Gasteiger partial charge in [-0.05, 0) is 52.5 Å². The maximum absolute atomic E-state index is 11.9. The summed E-state index contributed by atoms with van der Waals surface area (Å²) in [5.41, 5.74) is 0.969. The van der Waals surface area contributed by atoms with Crippen LogP contribution >= 0.6 is 15.9 Å². The summed E-state index contributed by atoms with van der Waals surface area (Å²) >= 11 is 3.43. The quantitative estimate of drug-likeness (QED) is 0.845. The van der Waals surface area contributed by atoms with Crippen molar-refractivity contribution >= 4 is 27.9 Å². The normalized spacial score (nSPS) is 16.3. The highest BCUT2D eigenvalue weighted by Gasteiger charge is 2.14. The molecule has 3 nitrogen and oxygen atoms in total. The number of hydrogen-bond donors (Lipinski definition) is 1. The Morgan fingerprint density at radius 1 is 1.35 bits per heavy atom. The number of methoxy groups -OCH3 is 1. The molecule has 0 saturated heterocycles. The minimum absolute atomic E-state index is 0.0103. The van der Waals surface area contributed by atoms with Gasteiger partial charge < -0.3 is 10.1 Å². The summed E-state index contributed by atoms with van der Waals surface area (Å²) in [5.74, 6) is 0.776. The number of benzene rings is 1. The van der Waals surface area contributed by atoms with Crippen molar-refractivity contribution < 1.29 is 9.53 Å². The van der Waals surface area contributed by atoms with Gasteiger partial charge in [-0.25, -0.2) is 0 Å². The average molecular weight is 338 g/mol. The van der Waals surface area contributed by atoms with Crippen molar-refractivity contribution in [1.82, 2.24) is 5.32 Å². The number of nitrogens with one attached hydrogen (secondary N) is 1. The second-order valence-corrected chi connectivity index (χ2v) is 5.93. The first kappa shape index (κ1) is 15.1. The Morgan fingerprint density at radius 2 is 2.10 bits per heavy atom. The zero-order chi connectivity index (χ0) is 14.4. The highest BCUT2D eigenvalue weighted by atomic mass is 79.9. The highest BCUT2D eigenvalue weighted by Crippen LogP contribution is 2.26. The molecule has 0 heterocycles. The molecular weight excluding hydrogens is 318 g/mol. The summed E-state index contributed by atoms with van der Waals surface area (Å²) in [6.45, 7) is 0. The van der Waals surface area contributed by atoms with E-state index in [0.29, 0.717) is 6.04 Å². The number of carbonyl (C=O) groups is 1. The van der Waals surface area contributed by atoms with Crippen LogP contribution in [0, 0.1) is 0 Å². The fourth-order valence-electron chi connectivity index (χ4n) is 2.45. The molecule has 1 aliphatic rings.